The predicted octanol–water partition coefficient (Wildman–Crippen LogP) is 1.97. The summed E-state index contributed by atoms with van der Waals surface area (Å²) in [7, 11) is 0. The number of halogens is 1. The van der Waals surface area contributed by atoms with Gasteiger partial charge >= 0.3 is 0 Å². The molecule has 0 aromatic carbocycles. The normalized spacial score (nSPS) is 28.4. The molecule has 2 aliphatic heterocycles. The largest absolute Gasteiger partial charge is 0.361 e. The van der Waals surface area contributed by atoms with Gasteiger partial charge in [-0.15, -0.1) is 0 Å². The molecule has 0 aromatic heterocycles. The van der Waals surface area contributed by atoms with E-state index in [4.69, 9.17) is 5.26 Å². The number of alkyl halides is 1. The van der Waals surface area contributed by atoms with Gasteiger partial charge in [0.25, 0.3) is 0 Å². The highest BCUT2D eigenvalue weighted by atomic mass is 127. The van der Waals surface area contributed by atoms with Crippen molar-refractivity contribution in [3.8, 4) is 12.1 Å². The Hall–Kier alpha value is -1.05. The molecule has 0 amide bonds. The van der Waals surface area contributed by atoms with E-state index in [-0.39, 0.29) is 3.92 Å². The van der Waals surface area contributed by atoms with Crippen molar-refractivity contribution in [2.24, 2.45) is 5.92 Å². The highest BCUT2D eigenvalue weighted by Crippen LogP contribution is 2.33. The molecular weight excluding hydrogens is 339 g/mol. The first kappa shape index (κ1) is 13.4. The van der Waals surface area contributed by atoms with Crippen LogP contribution in [-0.2, 0) is 0 Å². The van der Waals surface area contributed by atoms with Crippen LogP contribution < -0.4 is 10.6 Å². The molecule has 0 bridgehead atoms. The van der Waals surface area contributed by atoms with Gasteiger partial charge in [-0.3, -0.25) is 0 Å². The summed E-state index contributed by atoms with van der Waals surface area (Å²) in [6.07, 6.45) is 2.23. The van der Waals surface area contributed by atoms with Crippen LogP contribution in [0.15, 0.2) is 22.5 Å². The summed E-state index contributed by atoms with van der Waals surface area (Å²) in [5.41, 5.74) is 3.28. The molecule has 0 spiro atoms. The van der Waals surface area contributed by atoms with E-state index in [1.54, 1.807) is 0 Å². The van der Waals surface area contributed by atoms with Crippen LogP contribution in [0.2, 0.25) is 0 Å². The van der Waals surface area contributed by atoms with Crippen molar-refractivity contribution >= 4 is 22.6 Å². The summed E-state index contributed by atoms with van der Waals surface area (Å²) in [5, 5.41) is 25.2. The van der Waals surface area contributed by atoms with Gasteiger partial charge < -0.3 is 10.6 Å². The van der Waals surface area contributed by atoms with E-state index in [1.165, 1.54) is 0 Å². The van der Waals surface area contributed by atoms with Gasteiger partial charge in [0.15, 0.2) is 0 Å². The summed E-state index contributed by atoms with van der Waals surface area (Å²) in [5.74, 6) is 0.362. The minimum atomic E-state index is -0.115. The zero-order valence-electron chi connectivity index (χ0n) is 10.3. The topological polar surface area (TPSA) is 71.6 Å². The van der Waals surface area contributed by atoms with Crippen molar-refractivity contribution in [2.75, 3.05) is 13.1 Å². The van der Waals surface area contributed by atoms with Gasteiger partial charge in [-0.05, 0) is 26.3 Å². The fraction of sp³-hybridized carbons (Fsp3) is 0.538. The van der Waals surface area contributed by atoms with Gasteiger partial charge in [0.05, 0.1) is 27.2 Å². The second-order valence-corrected chi connectivity index (χ2v) is 5.87. The molecule has 1 saturated heterocycles. The maximum Gasteiger partial charge on any atom is 0.0980 e. The number of dihydropyridines is 1. The third kappa shape index (κ3) is 2.38. The minimum Gasteiger partial charge on any atom is -0.361 e. The number of nitrogens with one attached hydrogen (secondary N) is 2. The lowest BCUT2D eigenvalue weighted by molar-refractivity contribution is 0.406. The highest BCUT2D eigenvalue weighted by Gasteiger charge is 2.31. The van der Waals surface area contributed by atoms with E-state index in [0.29, 0.717) is 17.1 Å². The van der Waals surface area contributed by atoms with Crippen LogP contribution in [-0.4, -0.2) is 17.0 Å². The first-order valence-electron chi connectivity index (χ1n) is 6.06. The van der Waals surface area contributed by atoms with E-state index < -0.39 is 0 Å². The van der Waals surface area contributed by atoms with Crippen LogP contribution in [0.25, 0.3) is 0 Å². The smallest absolute Gasteiger partial charge is 0.0980 e. The van der Waals surface area contributed by atoms with E-state index >= 15 is 0 Å². The Bertz CT molecular complexity index is 486. The van der Waals surface area contributed by atoms with Crippen LogP contribution in [0.1, 0.15) is 19.8 Å². The van der Waals surface area contributed by atoms with Crippen LogP contribution in [0.5, 0.6) is 0 Å². The van der Waals surface area contributed by atoms with E-state index in [0.717, 1.165) is 37.3 Å². The number of piperidine rings is 1. The molecule has 2 atom stereocenters. The van der Waals surface area contributed by atoms with Crippen molar-refractivity contribution in [3.63, 3.8) is 0 Å². The number of hydrogen-bond acceptors (Lipinski definition) is 4. The van der Waals surface area contributed by atoms with E-state index in [9.17, 15) is 5.26 Å². The summed E-state index contributed by atoms with van der Waals surface area (Å²) in [4.78, 5) is 0. The quantitative estimate of drug-likeness (QED) is 0.558. The summed E-state index contributed by atoms with van der Waals surface area (Å²) < 4.78 is -0.115. The van der Waals surface area contributed by atoms with Crippen molar-refractivity contribution in [2.45, 2.75) is 23.7 Å². The first-order chi connectivity index (χ1) is 8.69. The number of hydrogen-bond donors (Lipinski definition) is 2. The molecule has 0 saturated carbocycles. The monoisotopic (exact) mass is 354 g/mol. The van der Waals surface area contributed by atoms with Crippen LogP contribution in [0.4, 0.5) is 0 Å². The standard InChI is InChI=1S/C13H15IN4/c1-8-10(5-15)12(14)11(6-16)13(18-8)9-3-2-4-17-7-9/h9,12,17-18H,2-4,7H2,1H3. The van der Waals surface area contributed by atoms with Gasteiger partial charge in [0.2, 0.25) is 0 Å². The second-order valence-electron chi connectivity index (χ2n) is 4.62. The lowest BCUT2D eigenvalue weighted by atomic mass is 9.88. The van der Waals surface area contributed by atoms with Crippen LogP contribution in [0.3, 0.4) is 0 Å². The van der Waals surface area contributed by atoms with Crippen molar-refractivity contribution in [1.29, 1.82) is 10.5 Å². The Morgan fingerprint density at radius 1 is 1.28 bits per heavy atom. The molecule has 94 valence electrons. The molecule has 1 fully saturated rings. The van der Waals surface area contributed by atoms with Gasteiger partial charge in [0.1, 0.15) is 0 Å². The lowest BCUT2D eigenvalue weighted by Crippen LogP contribution is -2.37. The molecule has 0 aromatic rings. The lowest BCUT2D eigenvalue weighted by Gasteiger charge is -2.31. The number of nitrogens with zero attached hydrogens (tertiary/aromatic N) is 2. The average molecular weight is 354 g/mol. The number of rotatable bonds is 1. The predicted molar refractivity (Wildman–Crippen MR) is 77.5 cm³/mol. The van der Waals surface area contributed by atoms with E-state index in [2.05, 4.69) is 45.4 Å². The molecule has 2 aliphatic rings. The molecule has 4 nitrogen and oxygen atoms in total. The molecule has 2 heterocycles. The summed E-state index contributed by atoms with van der Waals surface area (Å²) in [6.45, 7) is 3.87. The molecule has 0 aliphatic carbocycles. The Kier molecular flexibility index (Phi) is 4.26. The Balaban J connectivity index is 2.34. The van der Waals surface area contributed by atoms with Gasteiger partial charge in [-0.1, -0.05) is 22.6 Å². The number of allylic oxidation sites excluding steroid dienone is 3. The second kappa shape index (κ2) is 5.73. The average Bonchev–Trinajstić information content (AvgIpc) is 2.39. The summed E-state index contributed by atoms with van der Waals surface area (Å²) >= 11 is 2.19. The van der Waals surface area contributed by atoms with Gasteiger partial charge in [0, 0.05) is 23.9 Å². The Morgan fingerprint density at radius 3 is 2.56 bits per heavy atom. The molecule has 2 N–H and O–H groups in total. The zero-order chi connectivity index (χ0) is 13.1. The van der Waals surface area contributed by atoms with Crippen LogP contribution >= 0.6 is 22.6 Å². The van der Waals surface area contributed by atoms with Crippen molar-refractivity contribution in [1.82, 2.24) is 10.6 Å². The molecule has 5 heteroatoms. The third-order valence-electron chi connectivity index (χ3n) is 3.47. The van der Waals surface area contributed by atoms with Crippen molar-refractivity contribution < 1.29 is 0 Å². The first-order valence-corrected chi connectivity index (χ1v) is 7.30. The fourth-order valence-electron chi connectivity index (χ4n) is 2.49. The Labute approximate surface area is 121 Å². The van der Waals surface area contributed by atoms with Gasteiger partial charge in [-0.2, -0.15) is 10.5 Å². The molecule has 18 heavy (non-hydrogen) atoms. The van der Waals surface area contributed by atoms with Crippen LogP contribution in [0, 0.1) is 28.6 Å². The minimum absolute atomic E-state index is 0.115. The Morgan fingerprint density at radius 2 is 2.00 bits per heavy atom. The maximum atomic E-state index is 9.36. The maximum absolute atomic E-state index is 9.36. The van der Waals surface area contributed by atoms with Crippen molar-refractivity contribution in [3.05, 3.63) is 22.5 Å². The zero-order valence-corrected chi connectivity index (χ0v) is 12.4. The fourth-order valence-corrected chi connectivity index (χ4v) is 3.57. The third-order valence-corrected chi connectivity index (χ3v) is 4.71. The molecule has 0 radical (unpaired) electrons. The van der Waals surface area contributed by atoms with E-state index in [1.807, 2.05) is 6.92 Å². The molecule has 2 rings (SSSR count). The molecular formula is C13H15IN4. The number of nitriles is 2. The SMILES string of the molecule is CC1=C(C#N)C(I)C(C#N)=C(C2CCCNC2)N1. The summed E-state index contributed by atoms with van der Waals surface area (Å²) in [6, 6.07) is 4.48. The highest BCUT2D eigenvalue weighted by molar-refractivity contribution is 14.1. The molecule has 2 unspecified atom stereocenters. The van der Waals surface area contributed by atoms with Gasteiger partial charge in [-0.25, -0.2) is 0 Å².